The van der Waals surface area contributed by atoms with Crippen molar-refractivity contribution in [2.75, 3.05) is 13.2 Å². The standard InChI is InChI=1S/C22H18FN3O3S/c1-26-22-15(20(25-26)14-6-2-3-7-16(14)23)10-19(30-22)21(27)24-11-13-12-28-17-8-4-5-9-18(17)29-13/h2-10,13H,11-12H2,1H3,(H,24,27). The van der Waals surface area contributed by atoms with Gasteiger partial charge in [-0.2, -0.15) is 5.10 Å². The highest BCUT2D eigenvalue weighted by atomic mass is 32.1. The van der Waals surface area contributed by atoms with Crippen LogP contribution in [0.5, 0.6) is 11.5 Å². The number of carbonyl (C=O) groups excluding carboxylic acids is 1. The van der Waals surface area contributed by atoms with Gasteiger partial charge in [0.25, 0.3) is 5.91 Å². The Labute approximate surface area is 175 Å². The van der Waals surface area contributed by atoms with E-state index in [0.29, 0.717) is 40.8 Å². The van der Waals surface area contributed by atoms with Gasteiger partial charge in [0.15, 0.2) is 11.5 Å². The fourth-order valence-electron chi connectivity index (χ4n) is 3.46. The van der Waals surface area contributed by atoms with E-state index in [1.165, 1.54) is 17.4 Å². The number of aryl methyl sites for hydroxylation is 1. The number of hydrogen-bond donors (Lipinski definition) is 1. The molecule has 6 nitrogen and oxygen atoms in total. The zero-order valence-corrected chi connectivity index (χ0v) is 16.9. The monoisotopic (exact) mass is 423 g/mol. The number of benzene rings is 2. The number of para-hydroxylation sites is 2. The van der Waals surface area contributed by atoms with Gasteiger partial charge in [-0.25, -0.2) is 4.39 Å². The molecule has 3 heterocycles. The van der Waals surface area contributed by atoms with Crippen LogP contribution in [0.4, 0.5) is 4.39 Å². The zero-order valence-electron chi connectivity index (χ0n) is 16.1. The number of nitrogens with zero attached hydrogens (tertiary/aromatic N) is 2. The topological polar surface area (TPSA) is 65.4 Å². The van der Waals surface area contributed by atoms with Crippen LogP contribution in [0.15, 0.2) is 54.6 Å². The molecule has 0 fully saturated rings. The predicted octanol–water partition coefficient (Wildman–Crippen LogP) is 4.01. The van der Waals surface area contributed by atoms with Crippen LogP contribution >= 0.6 is 11.3 Å². The number of rotatable bonds is 4. The lowest BCUT2D eigenvalue weighted by Crippen LogP contribution is -2.40. The van der Waals surface area contributed by atoms with Crippen LogP contribution in [0.1, 0.15) is 9.67 Å². The fourth-order valence-corrected chi connectivity index (χ4v) is 4.45. The second-order valence-electron chi connectivity index (χ2n) is 6.99. The van der Waals surface area contributed by atoms with Crippen molar-refractivity contribution in [3.63, 3.8) is 0 Å². The molecular weight excluding hydrogens is 405 g/mol. The number of carbonyl (C=O) groups is 1. The van der Waals surface area contributed by atoms with Crippen molar-refractivity contribution < 1.29 is 18.7 Å². The summed E-state index contributed by atoms with van der Waals surface area (Å²) in [5.41, 5.74) is 0.945. The van der Waals surface area contributed by atoms with Crippen molar-refractivity contribution in [1.29, 1.82) is 0 Å². The summed E-state index contributed by atoms with van der Waals surface area (Å²) in [5.74, 6) is 0.825. The first kappa shape index (κ1) is 18.6. The maximum atomic E-state index is 14.3. The molecule has 2 aromatic heterocycles. The van der Waals surface area contributed by atoms with E-state index < -0.39 is 0 Å². The van der Waals surface area contributed by atoms with Gasteiger partial charge in [0.1, 0.15) is 29.1 Å². The third kappa shape index (κ3) is 3.29. The SMILES string of the molecule is Cn1nc(-c2ccccc2F)c2cc(C(=O)NCC3COc4ccccc4O3)sc21. The third-order valence-electron chi connectivity index (χ3n) is 4.92. The van der Waals surface area contributed by atoms with E-state index in [2.05, 4.69) is 10.4 Å². The second kappa shape index (κ2) is 7.46. The molecule has 152 valence electrons. The molecule has 0 spiro atoms. The summed E-state index contributed by atoms with van der Waals surface area (Å²) >= 11 is 1.32. The second-order valence-corrected chi connectivity index (χ2v) is 8.02. The number of fused-ring (bicyclic) bond motifs is 2. The lowest BCUT2D eigenvalue weighted by atomic mass is 10.1. The fraction of sp³-hybridized carbons (Fsp3) is 0.182. The maximum Gasteiger partial charge on any atom is 0.261 e. The van der Waals surface area contributed by atoms with Crippen molar-refractivity contribution in [2.45, 2.75) is 6.10 Å². The number of hydrogen-bond acceptors (Lipinski definition) is 5. The minimum atomic E-state index is -0.343. The van der Waals surface area contributed by atoms with Crippen molar-refractivity contribution in [3.05, 3.63) is 65.3 Å². The first-order valence-corrected chi connectivity index (χ1v) is 10.3. The quantitative estimate of drug-likeness (QED) is 0.539. The van der Waals surface area contributed by atoms with Gasteiger partial charge in [0.05, 0.1) is 11.4 Å². The highest BCUT2D eigenvalue weighted by molar-refractivity contribution is 7.20. The van der Waals surface area contributed by atoms with Gasteiger partial charge in [-0.05, 0) is 30.3 Å². The third-order valence-corrected chi connectivity index (χ3v) is 6.12. The Balaban J connectivity index is 1.34. The van der Waals surface area contributed by atoms with Crippen molar-refractivity contribution >= 4 is 27.5 Å². The highest BCUT2D eigenvalue weighted by Gasteiger charge is 2.23. The number of ether oxygens (including phenoxy) is 2. The summed E-state index contributed by atoms with van der Waals surface area (Å²) < 4.78 is 27.5. The average Bonchev–Trinajstić information content (AvgIpc) is 3.33. The number of nitrogens with one attached hydrogen (secondary N) is 1. The van der Waals surface area contributed by atoms with Gasteiger partial charge < -0.3 is 14.8 Å². The van der Waals surface area contributed by atoms with E-state index in [1.807, 2.05) is 24.3 Å². The normalized spacial score (nSPS) is 15.3. The molecule has 5 rings (SSSR count). The zero-order chi connectivity index (χ0) is 20.7. The van der Waals surface area contributed by atoms with Crippen LogP contribution in [-0.2, 0) is 7.05 Å². The van der Waals surface area contributed by atoms with E-state index >= 15 is 0 Å². The summed E-state index contributed by atoms with van der Waals surface area (Å²) in [7, 11) is 1.79. The summed E-state index contributed by atoms with van der Waals surface area (Å²) in [6.07, 6.45) is -0.270. The van der Waals surface area contributed by atoms with Crippen molar-refractivity contribution in [3.8, 4) is 22.8 Å². The van der Waals surface area contributed by atoms with E-state index in [0.717, 1.165) is 10.2 Å². The minimum absolute atomic E-state index is 0.210. The van der Waals surface area contributed by atoms with Crippen molar-refractivity contribution in [2.24, 2.45) is 7.05 Å². The molecule has 1 N–H and O–H groups in total. The van der Waals surface area contributed by atoms with Crippen LogP contribution < -0.4 is 14.8 Å². The highest BCUT2D eigenvalue weighted by Crippen LogP contribution is 2.35. The molecule has 1 amide bonds. The molecule has 0 saturated carbocycles. The molecule has 2 aromatic carbocycles. The molecular formula is C22H18FN3O3S. The van der Waals surface area contributed by atoms with Gasteiger partial charge in [-0.3, -0.25) is 9.48 Å². The summed E-state index contributed by atoms with van der Waals surface area (Å²) in [5, 5.41) is 8.10. The molecule has 0 bridgehead atoms. The van der Waals surface area contributed by atoms with E-state index in [-0.39, 0.29) is 17.8 Å². The van der Waals surface area contributed by atoms with E-state index in [1.54, 1.807) is 36.0 Å². The van der Waals surface area contributed by atoms with Crippen LogP contribution in [0.3, 0.4) is 0 Å². The summed E-state index contributed by atoms with van der Waals surface area (Å²) in [4.78, 5) is 14.1. The molecule has 0 radical (unpaired) electrons. The van der Waals surface area contributed by atoms with Crippen molar-refractivity contribution in [1.82, 2.24) is 15.1 Å². The molecule has 8 heteroatoms. The van der Waals surface area contributed by atoms with E-state index in [9.17, 15) is 9.18 Å². The van der Waals surface area contributed by atoms with E-state index in [4.69, 9.17) is 9.47 Å². The first-order chi connectivity index (χ1) is 14.6. The Morgan fingerprint density at radius 3 is 2.83 bits per heavy atom. The number of aromatic nitrogens is 2. The van der Waals surface area contributed by atoms with Gasteiger partial charge in [-0.1, -0.05) is 24.3 Å². The summed E-state index contributed by atoms with van der Waals surface area (Å²) in [6, 6.07) is 15.7. The predicted molar refractivity (Wildman–Crippen MR) is 113 cm³/mol. The minimum Gasteiger partial charge on any atom is -0.486 e. The number of thiophene rings is 1. The first-order valence-electron chi connectivity index (χ1n) is 9.48. The Morgan fingerprint density at radius 1 is 1.23 bits per heavy atom. The largest absolute Gasteiger partial charge is 0.486 e. The number of halogens is 1. The molecule has 1 unspecified atom stereocenters. The Bertz CT molecular complexity index is 1250. The molecule has 1 aliphatic rings. The summed E-state index contributed by atoms with van der Waals surface area (Å²) in [6.45, 7) is 0.685. The number of amides is 1. The molecule has 0 saturated heterocycles. The molecule has 1 atom stereocenters. The molecule has 0 aliphatic carbocycles. The van der Waals surface area contributed by atoms with Crippen LogP contribution in [0, 0.1) is 5.82 Å². The molecule has 30 heavy (non-hydrogen) atoms. The van der Waals surface area contributed by atoms with Gasteiger partial charge in [0.2, 0.25) is 0 Å². The van der Waals surface area contributed by atoms with Gasteiger partial charge in [-0.15, -0.1) is 11.3 Å². The lowest BCUT2D eigenvalue weighted by Gasteiger charge is -2.26. The van der Waals surface area contributed by atoms with Crippen LogP contribution in [0.25, 0.3) is 21.5 Å². The smallest absolute Gasteiger partial charge is 0.261 e. The molecule has 4 aromatic rings. The maximum absolute atomic E-state index is 14.3. The molecule has 1 aliphatic heterocycles. The van der Waals surface area contributed by atoms with Gasteiger partial charge >= 0.3 is 0 Å². The average molecular weight is 423 g/mol. The Morgan fingerprint density at radius 2 is 2.00 bits per heavy atom. The Hall–Kier alpha value is -3.39. The Kier molecular flexibility index (Phi) is 4.63. The van der Waals surface area contributed by atoms with Crippen LogP contribution in [-0.4, -0.2) is 34.9 Å². The van der Waals surface area contributed by atoms with Crippen LogP contribution in [0.2, 0.25) is 0 Å². The van der Waals surface area contributed by atoms with Gasteiger partial charge in [0, 0.05) is 18.0 Å². The lowest BCUT2D eigenvalue weighted by molar-refractivity contribution is 0.0791.